The maximum atomic E-state index is 10.6. The van der Waals surface area contributed by atoms with Crippen molar-refractivity contribution in [2.45, 2.75) is 5.52 Å². The molecule has 0 radical (unpaired) electrons. The molecule has 0 aliphatic heterocycles. The number of hydrogen-bond donors (Lipinski definition) is 11. The Kier molecular flexibility index (Phi) is 11.0. The Hall–Kier alpha value is 0.670. The molecule has 0 heterocycles. The van der Waals surface area contributed by atoms with Crippen LogP contribution < -0.4 is 5.32 Å². The van der Waals surface area contributed by atoms with E-state index in [4.69, 9.17) is 48.9 Å². The molecule has 0 saturated carbocycles. The van der Waals surface area contributed by atoms with E-state index in [-0.39, 0.29) is 0 Å². The zero-order chi connectivity index (χ0) is 21.8. The van der Waals surface area contributed by atoms with Gasteiger partial charge >= 0.3 is 38.1 Å². The molecule has 0 fully saturated rings. The lowest BCUT2D eigenvalue weighted by molar-refractivity contribution is 0.288. The largest absolute Gasteiger partial charge is 0.403 e. The smallest absolute Gasteiger partial charge is 0.324 e. The van der Waals surface area contributed by atoms with Crippen LogP contribution in [0.25, 0.3) is 0 Å². The van der Waals surface area contributed by atoms with Gasteiger partial charge in [0.15, 0.2) is 0 Å². The summed E-state index contributed by atoms with van der Waals surface area (Å²) in [6.07, 6.45) is -2.19. The molecule has 0 aromatic heterocycles. The predicted octanol–water partition coefficient (Wildman–Crippen LogP) is -2.50. The van der Waals surface area contributed by atoms with Gasteiger partial charge in [-0.2, -0.15) is 0 Å². The Morgan fingerprint density at radius 2 is 1.08 bits per heavy atom. The molecular weight excluding hydrogens is 471 g/mol. The van der Waals surface area contributed by atoms with E-state index < -0.39 is 56.2 Å². The average molecular weight is 490 g/mol. The maximum absolute atomic E-state index is 10.6. The molecule has 0 aromatic rings. The van der Waals surface area contributed by atoms with E-state index >= 15 is 0 Å². The Morgan fingerprint density at radius 1 is 0.731 bits per heavy atom. The molecule has 160 valence electrons. The molecule has 0 aliphatic rings. The van der Waals surface area contributed by atoms with Crippen LogP contribution in [-0.2, 0) is 22.8 Å². The van der Waals surface area contributed by atoms with Gasteiger partial charge in [0.25, 0.3) is 0 Å². The van der Waals surface area contributed by atoms with Gasteiger partial charge in [0, 0.05) is 0 Å². The maximum Gasteiger partial charge on any atom is 0.403 e. The average Bonchev–Trinajstić information content (AvgIpc) is 2.19. The molecule has 0 aromatic carbocycles. The Morgan fingerprint density at radius 3 is 1.23 bits per heavy atom. The van der Waals surface area contributed by atoms with Gasteiger partial charge in [0.2, 0.25) is 5.52 Å². The van der Waals surface area contributed by atoms with Crippen LogP contribution in [0.4, 0.5) is 0 Å². The van der Waals surface area contributed by atoms with Crippen LogP contribution in [-0.4, -0.2) is 78.7 Å². The first-order valence-electron chi connectivity index (χ1n) is 5.67. The Labute approximate surface area is 145 Å². The van der Waals surface area contributed by atoms with Gasteiger partial charge in [-0.1, -0.05) is 0 Å². The summed E-state index contributed by atoms with van der Waals surface area (Å²) in [6.45, 7) is 0. The van der Waals surface area contributed by atoms with Crippen LogP contribution in [0.5, 0.6) is 0 Å². The lowest BCUT2D eigenvalue weighted by Crippen LogP contribution is -2.29. The van der Waals surface area contributed by atoms with Gasteiger partial charge in [-0.15, -0.1) is 0 Å². The fourth-order valence-electron chi connectivity index (χ4n) is 0.983. The van der Waals surface area contributed by atoms with Crippen molar-refractivity contribution >= 4 is 38.1 Å². The van der Waals surface area contributed by atoms with E-state index in [1.165, 1.54) is 5.32 Å². The van der Waals surface area contributed by atoms with Crippen molar-refractivity contribution in [3.05, 3.63) is 0 Å². The van der Waals surface area contributed by atoms with Crippen molar-refractivity contribution in [1.29, 1.82) is 0 Å². The van der Waals surface area contributed by atoms with E-state index in [1.54, 1.807) is 0 Å². The Bertz CT molecular complexity index is 654. The van der Waals surface area contributed by atoms with E-state index in [1.807, 2.05) is 0 Å². The first-order chi connectivity index (χ1) is 11.0. The molecule has 0 amide bonds. The van der Waals surface area contributed by atoms with Gasteiger partial charge in [0.1, 0.15) is 6.29 Å². The zero-order valence-corrected chi connectivity index (χ0v) is 17.2. The van der Waals surface area contributed by atoms with Crippen LogP contribution in [0.2, 0.25) is 0 Å². The van der Waals surface area contributed by atoms with Gasteiger partial charge in [-0.25, -0.2) is 9.24 Å². The highest BCUT2D eigenvalue weighted by molar-refractivity contribution is 7.70. The summed E-state index contributed by atoms with van der Waals surface area (Å²) in [4.78, 5) is 84.0. The summed E-state index contributed by atoms with van der Waals surface area (Å²) in [7, 11) is -23.0. The molecule has 17 nitrogen and oxygen atoms in total. The number of rotatable bonds is 8. The van der Waals surface area contributed by atoms with Gasteiger partial charge in [-0.3, -0.25) is 23.6 Å². The van der Waals surface area contributed by atoms with Crippen LogP contribution >= 0.6 is 38.1 Å². The summed E-state index contributed by atoms with van der Waals surface area (Å²) in [5, 5.41) is 1.45. The summed E-state index contributed by atoms with van der Waals surface area (Å²) in [6, 6.07) is 0. The molecule has 0 aliphatic carbocycles. The predicted molar refractivity (Wildman–Crippen MR) is 84.6 cm³/mol. The lowest BCUT2D eigenvalue weighted by Gasteiger charge is -2.20. The summed E-state index contributed by atoms with van der Waals surface area (Å²) < 4.78 is 52.3. The third kappa shape index (κ3) is 15.7. The van der Waals surface area contributed by atoms with E-state index in [9.17, 15) is 22.8 Å². The Balaban J connectivity index is 0. The summed E-state index contributed by atoms with van der Waals surface area (Å²) in [5.41, 5.74) is -2.61. The highest BCUT2D eigenvalue weighted by Crippen LogP contribution is 2.58. The second kappa shape index (κ2) is 9.93. The van der Waals surface area contributed by atoms with E-state index in [0.29, 0.717) is 4.67 Å². The number of nitrogens with one attached hydrogen (secondary N) is 1. The van der Waals surface area contributed by atoms with Crippen LogP contribution in [0, 0.1) is 0 Å². The van der Waals surface area contributed by atoms with Crippen molar-refractivity contribution in [3.8, 4) is 0 Å². The highest BCUT2D eigenvalue weighted by Gasteiger charge is 2.43. The fourth-order valence-corrected chi connectivity index (χ4v) is 5.60. The van der Waals surface area contributed by atoms with Crippen molar-refractivity contribution in [2.24, 2.45) is 0 Å². The van der Waals surface area contributed by atoms with E-state index in [2.05, 4.69) is 0 Å². The minimum absolute atomic E-state index is 0.299. The molecule has 0 unspecified atom stereocenters. The second-order valence-electron chi connectivity index (χ2n) is 4.56. The standard InChI is InChI=1S/C2H10NO9P3.C2H9NO6P2/c4-13(5,6)1-3-2(14(7,8)9)15(10,11)12;1-3(11(7,8)9)2-10(4,5)6/h2-3H,1H2,(H2,4,5,6)(H2,7,8,9)(H2,10,11,12);2H2,1H3,(H2,4,5,6)(H2,7,8,9). The van der Waals surface area contributed by atoms with Crippen LogP contribution in [0.15, 0.2) is 0 Å². The lowest BCUT2D eigenvalue weighted by atomic mass is 11.2. The van der Waals surface area contributed by atoms with Crippen molar-refractivity contribution < 1.29 is 71.8 Å². The normalized spacial score (nSPS) is 14.3. The first kappa shape index (κ1) is 28.9. The topological polar surface area (TPSA) is 303 Å². The summed E-state index contributed by atoms with van der Waals surface area (Å²) >= 11 is 0. The molecule has 0 saturated heterocycles. The summed E-state index contributed by atoms with van der Waals surface area (Å²) in [5.74, 6) is 0. The van der Waals surface area contributed by atoms with Crippen LogP contribution in [0.3, 0.4) is 0 Å². The fraction of sp³-hybridized carbons (Fsp3) is 1.00. The first-order valence-corrected chi connectivity index (χ1v) is 14.2. The zero-order valence-electron chi connectivity index (χ0n) is 12.7. The number of nitrogens with zero attached hydrogens (tertiary/aromatic N) is 1. The third-order valence-electron chi connectivity index (χ3n) is 1.95. The molecule has 0 spiro atoms. The third-order valence-corrected chi connectivity index (χ3v) is 8.04. The highest BCUT2D eigenvalue weighted by atomic mass is 31.2. The van der Waals surface area contributed by atoms with Gasteiger partial charge in [-0.05, 0) is 7.05 Å². The molecule has 0 atom stereocenters. The molecular formula is C4H19N2O15P5. The minimum atomic E-state index is -5.20. The SMILES string of the molecule is CN(CP(=O)(O)O)P(=O)(O)O.O=P(O)(O)CNC(P(=O)(O)O)P(=O)(O)O. The van der Waals surface area contributed by atoms with Crippen molar-refractivity contribution in [2.75, 3.05) is 19.6 Å². The monoisotopic (exact) mass is 490 g/mol. The van der Waals surface area contributed by atoms with Crippen molar-refractivity contribution in [1.82, 2.24) is 9.99 Å². The molecule has 0 rings (SSSR count). The molecule has 0 bridgehead atoms. The number of hydrogen-bond acceptors (Lipinski definition) is 6. The van der Waals surface area contributed by atoms with Crippen LogP contribution in [0.1, 0.15) is 0 Å². The van der Waals surface area contributed by atoms with Crippen molar-refractivity contribution in [3.63, 3.8) is 0 Å². The molecule has 22 heteroatoms. The van der Waals surface area contributed by atoms with E-state index in [0.717, 1.165) is 7.05 Å². The minimum Gasteiger partial charge on any atom is -0.324 e. The van der Waals surface area contributed by atoms with Gasteiger partial charge in [0.05, 0.1) is 6.29 Å². The molecule has 26 heavy (non-hydrogen) atoms. The quantitative estimate of drug-likeness (QED) is 0.157. The van der Waals surface area contributed by atoms with Gasteiger partial charge < -0.3 is 48.9 Å². The molecule has 11 N–H and O–H groups in total. The second-order valence-corrected chi connectivity index (χ2v) is 13.3.